The highest BCUT2D eigenvalue weighted by atomic mass is 16.5. The molecule has 2 aliphatic heterocycles. The predicted octanol–water partition coefficient (Wildman–Crippen LogP) is 3.83. The molecular weight excluding hydrogens is 370 g/mol. The van der Waals surface area contributed by atoms with Crippen LogP contribution in [0.15, 0.2) is 83.5 Å². The van der Waals surface area contributed by atoms with Crippen molar-refractivity contribution in [1.82, 2.24) is 0 Å². The number of carbonyl (C=O) groups is 2. The SMILES string of the molecule is CCOC(=O)C1=C(Nc2ccccc2)O/C(=C/C2=Cc3ccccc3OC2)C1=O. The number of esters is 1. The van der Waals surface area contributed by atoms with Crippen molar-refractivity contribution in [2.45, 2.75) is 6.92 Å². The van der Waals surface area contributed by atoms with Gasteiger partial charge in [-0.25, -0.2) is 4.79 Å². The maximum absolute atomic E-state index is 12.9. The minimum atomic E-state index is -0.724. The first-order valence-corrected chi connectivity index (χ1v) is 9.26. The third-order valence-corrected chi connectivity index (χ3v) is 4.37. The molecule has 0 fully saturated rings. The van der Waals surface area contributed by atoms with Crippen LogP contribution in [0.2, 0.25) is 0 Å². The van der Waals surface area contributed by atoms with Gasteiger partial charge < -0.3 is 19.5 Å². The standard InChI is InChI=1S/C23H19NO5/c1-2-27-23(26)20-21(25)19(29-22(20)24-17-9-4-3-5-10-17)13-15-12-16-8-6-7-11-18(16)28-14-15/h3-13,24H,2,14H2,1H3/b19-13+. The number of carbonyl (C=O) groups excluding carboxylic acids is 2. The first kappa shape index (κ1) is 18.6. The monoisotopic (exact) mass is 389 g/mol. The molecule has 4 rings (SSSR count). The minimum Gasteiger partial charge on any atom is -0.488 e. The lowest BCUT2D eigenvalue weighted by Gasteiger charge is -2.16. The van der Waals surface area contributed by atoms with Crippen molar-refractivity contribution in [3.8, 4) is 5.75 Å². The molecule has 0 amide bonds. The Morgan fingerprint density at radius 1 is 1.14 bits per heavy atom. The summed E-state index contributed by atoms with van der Waals surface area (Å²) in [5.74, 6) is -0.366. The molecule has 0 unspecified atom stereocenters. The number of para-hydroxylation sites is 2. The topological polar surface area (TPSA) is 73.9 Å². The van der Waals surface area contributed by atoms with E-state index in [9.17, 15) is 9.59 Å². The summed E-state index contributed by atoms with van der Waals surface area (Å²) in [5.41, 5.74) is 2.21. The zero-order chi connectivity index (χ0) is 20.2. The fourth-order valence-electron chi connectivity index (χ4n) is 3.04. The summed E-state index contributed by atoms with van der Waals surface area (Å²) in [6, 6.07) is 16.8. The van der Waals surface area contributed by atoms with Gasteiger partial charge in [-0.2, -0.15) is 0 Å². The highest BCUT2D eigenvalue weighted by molar-refractivity contribution is 6.25. The number of hydrogen-bond donors (Lipinski definition) is 1. The van der Waals surface area contributed by atoms with Crippen molar-refractivity contribution in [1.29, 1.82) is 0 Å². The average molecular weight is 389 g/mol. The quantitative estimate of drug-likeness (QED) is 0.476. The van der Waals surface area contributed by atoms with Crippen LogP contribution >= 0.6 is 0 Å². The normalized spacial score (nSPS) is 16.7. The number of ketones is 1. The number of Topliss-reactive ketones (excluding diaryl/α,β-unsaturated/α-hetero) is 1. The van der Waals surface area contributed by atoms with Gasteiger partial charge in [-0.05, 0) is 42.8 Å². The van der Waals surface area contributed by atoms with Gasteiger partial charge >= 0.3 is 5.97 Å². The Hall–Kier alpha value is -3.80. The second kappa shape index (κ2) is 8.06. The maximum Gasteiger partial charge on any atom is 0.347 e. The van der Waals surface area contributed by atoms with Crippen molar-refractivity contribution in [3.63, 3.8) is 0 Å². The Labute approximate surface area is 168 Å². The molecule has 2 aromatic carbocycles. The number of ether oxygens (including phenoxy) is 3. The van der Waals surface area contributed by atoms with Crippen LogP contribution in [0.5, 0.6) is 5.75 Å². The van der Waals surface area contributed by atoms with Crippen LogP contribution in [0, 0.1) is 0 Å². The molecule has 0 aliphatic carbocycles. The number of nitrogens with one attached hydrogen (secondary N) is 1. The van der Waals surface area contributed by atoms with Gasteiger partial charge in [0.15, 0.2) is 11.3 Å². The molecule has 0 atom stereocenters. The van der Waals surface area contributed by atoms with Crippen molar-refractivity contribution < 1.29 is 23.8 Å². The van der Waals surface area contributed by atoms with Gasteiger partial charge in [-0.3, -0.25) is 4.79 Å². The van der Waals surface area contributed by atoms with Crippen molar-refractivity contribution in [2.75, 3.05) is 18.5 Å². The van der Waals surface area contributed by atoms with Crippen LogP contribution < -0.4 is 10.1 Å². The van der Waals surface area contributed by atoms with E-state index in [1.807, 2.05) is 48.5 Å². The second-order valence-electron chi connectivity index (χ2n) is 6.40. The van der Waals surface area contributed by atoms with E-state index in [-0.39, 0.29) is 23.8 Å². The lowest BCUT2D eigenvalue weighted by molar-refractivity contribution is -0.139. The number of rotatable bonds is 5. The summed E-state index contributed by atoms with van der Waals surface area (Å²) in [6.07, 6.45) is 3.52. The van der Waals surface area contributed by atoms with Crippen LogP contribution in [-0.2, 0) is 19.1 Å². The van der Waals surface area contributed by atoms with Crippen molar-refractivity contribution >= 4 is 23.5 Å². The van der Waals surface area contributed by atoms with Crippen LogP contribution in [0.1, 0.15) is 12.5 Å². The molecule has 6 heteroatoms. The van der Waals surface area contributed by atoms with Crippen molar-refractivity contribution in [2.24, 2.45) is 0 Å². The molecule has 0 radical (unpaired) electrons. The molecule has 1 N–H and O–H groups in total. The van der Waals surface area contributed by atoms with E-state index >= 15 is 0 Å². The van der Waals surface area contributed by atoms with Gasteiger partial charge in [0.1, 0.15) is 12.4 Å². The van der Waals surface area contributed by atoms with Gasteiger partial charge in [0.05, 0.1) is 6.61 Å². The van der Waals surface area contributed by atoms with Gasteiger partial charge in [-0.15, -0.1) is 0 Å². The van der Waals surface area contributed by atoms with Crippen LogP contribution in [0.25, 0.3) is 6.08 Å². The highest BCUT2D eigenvalue weighted by Crippen LogP contribution is 2.31. The number of fused-ring (bicyclic) bond motifs is 1. The summed E-state index contributed by atoms with van der Waals surface area (Å²) in [7, 11) is 0. The number of allylic oxidation sites excluding steroid dienone is 1. The zero-order valence-electron chi connectivity index (χ0n) is 15.8. The van der Waals surface area contributed by atoms with E-state index in [0.717, 1.165) is 16.9 Å². The summed E-state index contributed by atoms with van der Waals surface area (Å²) >= 11 is 0. The van der Waals surface area contributed by atoms with Crippen molar-refractivity contribution in [3.05, 3.63) is 89.0 Å². The van der Waals surface area contributed by atoms with Gasteiger partial charge in [0.2, 0.25) is 11.7 Å². The molecule has 0 saturated heterocycles. The van der Waals surface area contributed by atoms with E-state index < -0.39 is 11.8 Å². The molecule has 0 bridgehead atoms. The van der Waals surface area contributed by atoms with Crippen LogP contribution in [-0.4, -0.2) is 25.0 Å². The first-order valence-electron chi connectivity index (χ1n) is 9.26. The van der Waals surface area contributed by atoms with Gasteiger partial charge in [0.25, 0.3) is 0 Å². The van der Waals surface area contributed by atoms with Gasteiger partial charge in [-0.1, -0.05) is 36.4 Å². The highest BCUT2D eigenvalue weighted by Gasteiger charge is 2.37. The third kappa shape index (κ3) is 3.91. The number of benzene rings is 2. The summed E-state index contributed by atoms with van der Waals surface area (Å²) in [5, 5.41) is 2.99. The van der Waals surface area contributed by atoms with Gasteiger partial charge in [0, 0.05) is 11.3 Å². The smallest absolute Gasteiger partial charge is 0.347 e. The minimum absolute atomic E-state index is 0.0423. The predicted molar refractivity (Wildman–Crippen MR) is 108 cm³/mol. The largest absolute Gasteiger partial charge is 0.488 e. The first-order chi connectivity index (χ1) is 14.2. The van der Waals surface area contributed by atoms with E-state index in [2.05, 4.69) is 5.32 Å². The Balaban J connectivity index is 1.64. The molecule has 2 aliphatic rings. The van der Waals surface area contributed by atoms with E-state index in [0.29, 0.717) is 12.3 Å². The second-order valence-corrected chi connectivity index (χ2v) is 6.40. The molecule has 2 heterocycles. The summed E-state index contributed by atoms with van der Waals surface area (Å²) in [6.45, 7) is 2.14. The Morgan fingerprint density at radius 2 is 1.90 bits per heavy atom. The number of anilines is 1. The molecule has 2 aromatic rings. The lowest BCUT2D eigenvalue weighted by Crippen LogP contribution is -2.16. The van der Waals surface area contributed by atoms with E-state index in [4.69, 9.17) is 14.2 Å². The molecule has 0 aromatic heterocycles. The fourth-order valence-corrected chi connectivity index (χ4v) is 3.04. The van der Waals surface area contributed by atoms with E-state index in [1.54, 1.807) is 25.1 Å². The average Bonchev–Trinajstić information content (AvgIpc) is 3.03. The molecule has 0 saturated carbocycles. The third-order valence-electron chi connectivity index (χ3n) is 4.37. The van der Waals surface area contributed by atoms with Crippen LogP contribution in [0.3, 0.4) is 0 Å². The maximum atomic E-state index is 12.9. The summed E-state index contributed by atoms with van der Waals surface area (Å²) < 4.78 is 16.5. The Morgan fingerprint density at radius 3 is 2.69 bits per heavy atom. The summed E-state index contributed by atoms with van der Waals surface area (Å²) in [4.78, 5) is 25.3. The molecule has 146 valence electrons. The molecule has 29 heavy (non-hydrogen) atoms. The molecule has 0 spiro atoms. The molecular formula is C23H19NO5. The molecule has 6 nitrogen and oxygen atoms in total. The lowest BCUT2D eigenvalue weighted by atomic mass is 10.1. The fraction of sp³-hybridized carbons (Fsp3) is 0.130. The van der Waals surface area contributed by atoms with E-state index in [1.165, 1.54) is 0 Å². The number of hydrogen-bond acceptors (Lipinski definition) is 6. The van der Waals surface area contributed by atoms with Crippen LogP contribution in [0.4, 0.5) is 5.69 Å². The Kier molecular flexibility index (Phi) is 5.16. The Bertz CT molecular complexity index is 1050. The zero-order valence-corrected chi connectivity index (χ0v) is 15.8.